The molecule has 0 saturated heterocycles. The van der Waals surface area contributed by atoms with E-state index in [0.717, 1.165) is 0 Å². The van der Waals surface area contributed by atoms with Gasteiger partial charge in [0, 0.05) is 24.3 Å². The summed E-state index contributed by atoms with van der Waals surface area (Å²) in [4.78, 5) is 32.1. The van der Waals surface area contributed by atoms with E-state index in [1.807, 2.05) is 0 Å². The van der Waals surface area contributed by atoms with Crippen LogP contribution in [-0.4, -0.2) is 15.8 Å². The van der Waals surface area contributed by atoms with Crippen LogP contribution in [0.4, 0.5) is 17.1 Å². The van der Waals surface area contributed by atoms with Gasteiger partial charge in [-0.25, -0.2) is 0 Å². The first-order valence-corrected chi connectivity index (χ1v) is 6.44. The normalized spacial score (nSPS) is 10.4. The van der Waals surface area contributed by atoms with Crippen LogP contribution in [0.3, 0.4) is 0 Å². The molecule has 8 heteroatoms. The van der Waals surface area contributed by atoms with E-state index in [1.54, 1.807) is 6.07 Å². The van der Waals surface area contributed by atoms with Crippen LogP contribution in [0.25, 0.3) is 6.08 Å². The van der Waals surface area contributed by atoms with E-state index in [1.165, 1.54) is 54.6 Å². The molecule has 0 spiro atoms. The summed E-state index contributed by atoms with van der Waals surface area (Å²) >= 11 is 0. The Labute approximate surface area is 130 Å². The van der Waals surface area contributed by atoms with Crippen molar-refractivity contribution in [3.05, 3.63) is 80.4 Å². The standard InChI is InChI=1S/C15H11N3O5/c19-15(16-13-3-1-2-4-14(13)18(22)23)10-7-11-5-8-12(9-6-11)17(20)21/h1-10H,(H,16,19)/b10-7+. The van der Waals surface area contributed by atoms with E-state index < -0.39 is 15.8 Å². The van der Waals surface area contributed by atoms with Crippen molar-refractivity contribution < 1.29 is 14.6 Å². The van der Waals surface area contributed by atoms with Crippen molar-refractivity contribution in [2.75, 3.05) is 5.32 Å². The number of nitrogens with one attached hydrogen (secondary N) is 1. The Morgan fingerprint density at radius 1 is 0.957 bits per heavy atom. The zero-order valence-corrected chi connectivity index (χ0v) is 11.7. The Kier molecular flexibility index (Phi) is 4.78. The smallest absolute Gasteiger partial charge is 0.292 e. The minimum absolute atomic E-state index is 0.0495. The Balaban J connectivity index is 2.07. The number of nitro groups is 2. The molecular weight excluding hydrogens is 302 g/mol. The summed E-state index contributed by atoms with van der Waals surface area (Å²) < 4.78 is 0. The molecule has 2 aromatic carbocycles. The number of amides is 1. The first-order chi connectivity index (χ1) is 11.0. The molecule has 0 saturated carbocycles. The maximum absolute atomic E-state index is 11.8. The van der Waals surface area contributed by atoms with Crippen LogP contribution in [0.15, 0.2) is 54.6 Å². The molecule has 0 bridgehead atoms. The molecule has 0 atom stereocenters. The average molecular weight is 313 g/mol. The van der Waals surface area contributed by atoms with Crippen molar-refractivity contribution in [3.63, 3.8) is 0 Å². The van der Waals surface area contributed by atoms with Gasteiger partial charge in [0.25, 0.3) is 11.4 Å². The molecule has 1 N–H and O–H groups in total. The molecule has 0 fully saturated rings. The minimum Gasteiger partial charge on any atom is -0.317 e. The minimum atomic E-state index is -0.588. The fourth-order valence-electron chi connectivity index (χ4n) is 1.79. The van der Waals surface area contributed by atoms with Crippen LogP contribution in [-0.2, 0) is 4.79 Å². The highest BCUT2D eigenvalue weighted by atomic mass is 16.6. The molecule has 2 aromatic rings. The number of hydrogen-bond donors (Lipinski definition) is 1. The van der Waals surface area contributed by atoms with Crippen LogP contribution >= 0.6 is 0 Å². The number of benzene rings is 2. The largest absolute Gasteiger partial charge is 0.317 e. The Hall–Kier alpha value is -3.55. The average Bonchev–Trinajstić information content (AvgIpc) is 2.53. The highest BCUT2D eigenvalue weighted by molar-refractivity contribution is 6.03. The van der Waals surface area contributed by atoms with E-state index in [9.17, 15) is 25.0 Å². The lowest BCUT2D eigenvalue weighted by Gasteiger charge is -2.02. The molecule has 0 aliphatic rings. The van der Waals surface area contributed by atoms with Gasteiger partial charge in [-0.05, 0) is 29.8 Å². The van der Waals surface area contributed by atoms with Gasteiger partial charge in [-0.2, -0.15) is 0 Å². The third-order valence-corrected chi connectivity index (χ3v) is 2.89. The first kappa shape index (κ1) is 15.8. The fourth-order valence-corrected chi connectivity index (χ4v) is 1.79. The van der Waals surface area contributed by atoms with Crippen molar-refractivity contribution >= 4 is 29.0 Å². The van der Waals surface area contributed by atoms with Gasteiger partial charge >= 0.3 is 0 Å². The van der Waals surface area contributed by atoms with Gasteiger partial charge < -0.3 is 5.32 Å². The fraction of sp³-hybridized carbons (Fsp3) is 0. The summed E-state index contributed by atoms with van der Waals surface area (Å²) in [5, 5.41) is 23.8. The van der Waals surface area contributed by atoms with Crippen molar-refractivity contribution in [2.45, 2.75) is 0 Å². The number of non-ortho nitro benzene ring substituents is 1. The molecule has 0 radical (unpaired) electrons. The number of carbonyl (C=O) groups is 1. The topological polar surface area (TPSA) is 115 Å². The van der Waals surface area contributed by atoms with Crippen molar-refractivity contribution in [2.24, 2.45) is 0 Å². The number of anilines is 1. The van der Waals surface area contributed by atoms with Crippen molar-refractivity contribution in [3.8, 4) is 0 Å². The quantitative estimate of drug-likeness (QED) is 0.517. The maximum atomic E-state index is 11.8. The molecule has 0 aromatic heterocycles. The van der Waals surface area contributed by atoms with Crippen molar-refractivity contribution in [1.82, 2.24) is 0 Å². The third kappa shape index (κ3) is 4.21. The number of nitro benzene ring substituents is 2. The van der Waals surface area contributed by atoms with Crippen LogP contribution in [0.1, 0.15) is 5.56 Å². The van der Waals surface area contributed by atoms with E-state index >= 15 is 0 Å². The van der Waals surface area contributed by atoms with Crippen LogP contribution < -0.4 is 5.32 Å². The first-order valence-electron chi connectivity index (χ1n) is 6.44. The maximum Gasteiger partial charge on any atom is 0.292 e. The van der Waals surface area contributed by atoms with Crippen LogP contribution in [0, 0.1) is 20.2 Å². The third-order valence-electron chi connectivity index (χ3n) is 2.89. The number of rotatable bonds is 5. The monoisotopic (exact) mass is 313 g/mol. The summed E-state index contributed by atoms with van der Waals surface area (Å²) in [6.07, 6.45) is 2.64. The lowest BCUT2D eigenvalue weighted by Crippen LogP contribution is -2.09. The lowest BCUT2D eigenvalue weighted by atomic mass is 10.2. The van der Waals surface area contributed by atoms with Gasteiger partial charge in [0.1, 0.15) is 5.69 Å². The summed E-state index contributed by atoms with van der Waals surface area (Å²) in [6, 6.07) is 11.4. The van der Waals surface area contributed by atoms with E-state index in [-0.39, 0.29) is 17.1 Å². The Morgan fingerprint density at radius 3 is 2.22 bits per heavy atom. The summed E-state index contributed by atoms with van der Waals surface area (Å²) in [6.45, 7) is 0. The molecular formula is C15H11N3O5. The van der Waals surface area contributed by atoms with Crippen LogP contribution in [0.2, 0.25) is 0 Å². The molecule has 2 rings (SSSR count). The molecule has 1 amide bonds. The Bertz CT molecular complexity index is 784. The molecule has 116 valence electrons. The van der Waals surface area contributed by atoms with Gasteiger partial charge in [-0.3, -0.25) is 25.0 Å². The Morgan fingerprint density at radius 2 is 1.61 bits per heavy atom. The second-order valence-corrected chi connectivity index (χ2v) is 4.45. The zero-order valence-electron chi connectivity index (χ0n) is 11.7. The van der Waals surface area contributed by atoms with E-state index in [0.29, 0.717) is 5.56 Å². The van der Waals surface area contributed by atoms with Crippen molar-refractivity contribution in [1.29, 1.82) is 0 Å². The van der Waals surface area contributed by atoms with Crippen LogP contribution in [0.5, 0.6) is 0 Å². The van der Waals surface area contributed by atoms with Gasteiger partial charge in [-0.1, -0.05) is 12.1 Å². The lowest BCUT2D eigenvalue weighted by molar-refractivity contribution is -0.384. The zero-order chi connectivity index (χ0) is 16.8. The summed E-state index contributed by atoms with van der Waals surface area (Å²) in [7, 11) is 0. The number of carbonyl (C=O) groups excluding carboxylic acids is 1. The van der Waals surface area contributed by atoms with Gasteiger partial charge in [0.05, 0.1) is 9.85 Å². The highest BCUT2D eigenvalue weighted by Gasteiger charge is 2.13. The SMILES string of the molecule is O=C(/C=C/c1ccc([N+](=O)[O-])cc1)Nc1ccccc1[N+](=O)[O-]. The second kappa shape index (κ2) is 6.94. The summed E-state index contributed by atoms with van der Waals surface area (Å²) in [5.41, 5.74) is 0.431. The van der Waals surface area contributed by atoms with Gasteiger partial charge in [0.2, 0.25) is 5.91 Å². The molecule has 23 heavy (non-hydrogen) atoms. The number of hydrogen-bond acceptors (Lipinski definition) is 5. The van der Waals surface area contributed by atoms with E-state index in [2.05, 4.69) is 5.32 Å². The summed E-state index contributed by atoms with van der Waals surface area (Å²) in [5.74, 6) is -0.544. The number of nitrogens with zero attached hydrogens (tertiary/aromatic N) is 2. The molecule has 8 nitrogen and oxygen atoms in total. The van der Waals surface area contributed by atoms with E-state index in [4.69, 9.17) is 0 Å². The molecule has 0 aliphatic carbocycles. The van der Waals surface area contributed by atoms with Gasteiger partial charge in [0.15, 0.2) is 0 Å². The predicted molar refractivity (Wildman–Crippen MR) is 83.9 cm³/mol. The number of para-hydroxylation sites is 2. The molecule has 0 aliphatic heterocycles. The second-order valence-electron chi connectivity index (χ2n) is 4.45. The molecule has 0 unspecified atom stereocenters. The highest BCUT2D eigenvalue weighted by Crippen LogP contribution is 2.23. The molecule has 0 heterocycles. The predicted octanol–water partition coefficient (Wildman–Crippen LogP) is 3.15. The van der Waals surface area contributed by atoms with Gasteiger partial charge in [-0.15, -0.1) is 0 Å².